The zero-order valence-electron chi connectivity index (χ0n) is 11.3. The van der Waals surface area contributed by atoms with Gasteiger partial charge in [-0.25, -0.2) is 8.42 Å². The molecule has 0 atom stereocenters. The van der Waals surface area contributed by atoms with Gasteiger partial charge >= 0.3 is 0 Å². The number of sulfone groups is 1. The first-order valence-corrected chi connectivity index (χ1v) is 8.93. The molecule has 0 saturated carbocycles. The van der Waals surface area contributed by atoms with Gasteiger partial charge in [0.25, 0.3) is 0 Å². The van der Waals surface area contributed by atoms with Gasteiger partial charge in [-0.1, -0.05) is 26.0 Å². The number of hydrogen-bond donors (Lipinski definition) is 1. The molecule has 0 bridgehead atoms. The van der Waals surface area contributed by atoms with E-state index in [0.717, 1.165) is 22.3 Å². The molecular formula is C13H20BrNO3S. The minimum absolute atomic E-state index is 0.0471. The molecule has 0 fully saturated rings. The molecule has 1 N–H and O–H groups in total. The van der Waals surface area contributed by atoms with Gasteiger partial charge in [0.1, 0.15) is 12.4 Å². The number of para-hydroxylation sites is 1. The van der Waals surface area contributed by atoms with E-state index in [-0.39, 0.29) is 18.1 Å². The van der Waals surface area contributed by atoms with E-state index < -0.39 is 9.84 Å². The second-order valence-corrected chi connectivity index (χ2v) is 7.42. The summed E-state index contributed by atoms with van der Waals surface area (Å²) in [7, 11) is -2.99. The summed E-state index contributed by atoms with van der Waals surface area (Å²) in [5.41, 5.74) is 1.02. The van der Waals surface area contributed by atoms with E-state index >= 15 is 0 Å². The molecule has 19 heavy (non-hydrogen) atoms. The molecule has 4 nitrogen and oxygen atoms in total. The molecule has 0 aliphatic carbocycles. The lowest BCUT2D eigenvalue weighted by molar-refractivity contribution is 0.334. The van der Waals surface area contributed by atoms with Gasteiger partial charge in [-0.15, -0.1) is 0 Å². The molecule has 0 radical (unpaired) electrons. The van der Waals surface area contributed by atoms with E-state index in [1.54, 1.807) is 6.92 Å². The average Bonchev–Trinajstić information content (AvgIpc) is 2.38. The van der Waals surface area contributed by atoms with Crippen LogP contribution in [0.3, 0.4) is 0 Å². The highest BCUT2D eigenvalue weighted by Gasteiger charge is 2.11. The van der Waals surface area contributed by atoms with E-state index in [1.165, 1.54) is 0 Å². The van der Waals surface area contributed by atoms with Crippen molar-refractivity contribution in [2.75, 3.05) is 24.7 Å². The molecule has 1 aromatic rings. The molecule has 1 rings (SSSR count). The lowest BCUT2D eigenvalue weighted by Gasteiger charge is -2.13. The summed E-state index contributed by atoms with van der Waals surface area (Å²) < 4.78 is 29.3. The third-order valence-corrected chi connectivity index (χ3v) is 4.99. The van der Waals surface area contributed by atoms with E-state index in [2.05, 4.69) is 21.2 Å². The highest BCUT2D eigenvalue weighted by molar-refractivity contribution is 9.10. The van der Waals surface area contributed by atoms with Crippen molar-refractivity contribution < 1.29 is 13.2 Å². The number of nitrogens with one attached hydrogen (secondary N) is 1. The molecule has 0 aliphatic heterocycles. The Labute approximate surface area is 123 Å². The zero-order valence-corrected chi connectivity index (χ0v) is 13.7. The van der Waals surface area contributed by atoms with Crippen molar-refractivity contribution >= 4 is 25.8 Å². The lowest BCUT2D eigenvalue weighted by atomic mass is 10.2. The Morgan fingerprint density at radius 3 is 2.68 bits per heavy atom. The topological polar surface area (TPSA) is 55.4 Å². The summed E-state index contributed by atoms with van der Waals surface area (Å²) in [5, 5.41) is 3.23. The Balaban J connectivity index is 2.71. The minimum atomic E-state index is -2.99. The van der Waals surface area contributed by atoms with Gasteiger partial charge in [-0.05, 0) is 28.5 Å². The van der Waals surface area contributed by atoms with Crippen LogP contribution in [0.25, 0.3) is 0 Å². The Hall–Kier alpha value is -0.590. The van der Waals surface area contributed by atoms with Crippen LogP contribution >= 0.6 is 15.9 Å². The predicted octanol–water partition coefficient (Wildman–Crippen LogP) is 2.37. The fraction of sp³-hybridized carbons (Fsp3) is 0.538. The molecule has 0 saturated heterocycles. The standard InChI is InChI=1S/C13H20BrNO3S/c1-3-15-10-11-6-5-7-12(14)13(11)18-8-9-19(16,17)4-2/h5-7,15H,3-4,8-10H2,1-2H3. The summed E-state index contributed by atoms with van der Waals surface area (Å²) in [6.45, 7) is 5.43. The monoisotopic (exact) mass is 349 g/mol. The SMILES string of the molecule is CCNCc1cccc(Br)c1OCCS(=O)(=O)CC. The van der Waals surface area contributed by atoms with Gasteiger partial charge in [-0.2, -0.15) is 0 Å². The Kier molecular flexibility index (Phi) is 6.82. The normalized spacial score (nSPS) is 11.5. The first-order valence-electron chi connectivity index (χ1n) is 6.31. The van der Waals surface area contributed by atoms with Gasteiger partial charge in [0.2, 0.25) is 0 Å². The Morgan fingerprint density at radius 1 is 1.32 bits per heavy atom. The fourth-order valence-electron chi connectivity index (χ4n) is 1.53. The third-order valence-electron chi connectivity index (χ3n) is 2.69. The van der Waals surface area contributed by atoms with Crippen molar-refractivity contribution in [3.05, 3.63) is 28.2 Å². The predicted molar refractivity (Wildman–Crippen MR) is 81.3 cm³/mol. The van der Waals surface area contributed by atoms with E-state index in [9.17, 15) is 8.42 Å². The quantitative estimate of drug-likeness (QED) is 0.782. The van der Waals surface area contributed by atoms with Crippen LogP contribution in [0, 0.1) is 0 Å². The summed E-state index contributed by atoms with van der Waals surface area (Å²) in [5.74, 6) is 0.914. The van der Waals surface area contributed by atoms with Gasteiger partial charge in [0.15, 0.2) is 9.84 Å². The maximum absolute atomic E-state index is 11.4. The van der Waals surface area contributed by atoms with Crippen molar-refractivity contribution in [2.45, 2.75) is 20.4 Å². The molecule has 0 spiro atoms. The van der Waals surface area contributed by atoms with E-state index in [4.69, 9.17) is 4.74 Å². The summed E-state index contributed by atoms with van der Waals surface area (Å²) in [4.78, 5) is 0. The maximum atomic E-state index is 11.4. The van der Waals surface area contributed by atoms with Crippen molar-refractivity contribution in [1.82, 2.24) is 5.32 Å². The summed E-state index contributed by atoms with van der Waals surface area (Å²) >= 11 is 3.43. The number of ether oxygens (including phenoxy) is 1. The molecule has 0 heterocycles. The largest absolute Gasteiger partial charge is 0.491 e. The van der Waals surface area contributed by atoms with Crippen molar-refractivity contribution in [3.63, 3.8) is 0 Å². The van der Waals surface area contributed by atoms with Crippen LogP contribution < -0.4 is 10.1 Å². The third kappa shape index (κ3) is 5.50. The minimum Gasteiger partial charge on any atom is -0.491 e. The zero-order chi connectivity index (χ0) is 14.3. The molecule has 0 aromatic heterocycles. The smallest absolute Gasteiger partial charge is 0.153 e. The second-order valence-electron chi connectivity index (χ2n) is 4.09. The van der Waals surface area contributed by atoms with E-state index in [0.29, 0.717) is 6.54 Å². The molecule has 6 heteroatoms. The number of halogens is 1. The Morgan fingerprint density at radius 2 is 2.05 bits per heavy atom. The fourth-order valence-corrected chi connectivity index (χ4v) is 2.68. The molecule has 0 aliphatic rings. The molecule has 0 unspecified atom stereocenters. The van der Waals surface area contributed by atoms with E-state index in [1.807, 2.05) is 25.1 Å². The van der Waals surface area contributed by atoms with Crippen LogP contribution in [0.5, 0.6) is 5.75 Å². The number of hydrogen-bond acceptors (Lipinski definition) is 4. The maximum Gasteiger partial charge on any atom is 0.153 e. The number of rotatable bonds is 8. The van der Waals surface area contributed by atoms with Crippen LogP contribution in [-0.2, 0) is 16.4 Å². The van der Waals surface area contributed by atoms with Crippen LogP contribution in [0.1, 0.15) is 19.4 Å². The lowest BCUT2D eigenvalue weighted by Crippen LogP contribution is -2.17. The highest BCUT2D eigenvalue weighted by atomic mass is 79.9. The van der Waals surface area contributed by atoms with Crippen LogP contribution in [0.2, 0.25) is 0 Å². The summed E-state index contributed by atoms with van der Waals surface area (Å²) in [6.07, 6.45) is 0. The highest BCUT2D eigenvalue weighted by Crippen LogP contribution is 2.29. The van der Waals surface area contributed by atoms with Crippen molar-refractivity contribution in [3.8, 4) is 5.75 Å². The molecule has 1 aromatic carbocycles. The Bertz CT molecular complexity index is 503. The second kappa shape index (κ2) is 7.87. The van der Waals surface area contributed by atoms with Gasteiger partial charge in [0, 0.05) is 17.9 Å². The first-order chi connectivity index (χ1) is 9.00. The van der Waals surface area contributed by atoms with Gasteiger partial charge in [0.05, 0.1) is 10.2 Å². The van der Waals surface area contributed by atoms with Gasteiger partial charge < -0.3 is 10.1 Å². The van der Waals surface area contributed by atoms with Crippen LogP contribution in [0.4, 0.5) is 0 Å². The van der Waals surface area contributed by atoms with Gasteiger partial charge in [-0.3, -0.25) is 0 Å². The average molecular weight is 350 g/mol. The van der Waals surface area contributed by atoms with Crippen molar-refractivity contribution in [2.24, 2.45) is 0 Å². The first kappa shape index (κ1) is 16.5. The van der Waals surface area contributed by atoms with Crippen molar-refractivity contribution in [1.29, 1.82) is 0 Å². The molecule has 108 valence electrons. The number of benzene rings is 1. The molecular weight excluding hydrogens is 330 g/mol. The molecule has 0 amide bonds. The van der Waals surface area contributed by atoms with Crippen LogP contribution in [0.15, 0.2) is 22.7 Å². The summed E-state index contributed by atoms with van der Waals surface area (Å²) in [6, 6.07) is 5.79. The van der Waals surface area contributed by atoms with Crippen LogP contribution in [-0.4, -0.2) is 33.1 Å².